The van der Waals surface area contributed by atoms with Crippen LogP contribution in [0.25, 0.3) is 0 Å². The van der Waals surface area contributed by atoms with Crippen molar-refractivity contribution < 1.29 is 51.4 Å². The van der Waals surface area contributed by atoms with E-state index in [9.17, 15) is 0 Å². The van der Waals surface area contributed by atoms with Crippen LogP contribution in [0, 0.1) is 12.0 Å². The number of hydrogen-bond acceptors (Lipinski definition) is 2. The van der Waals surface area contributed by atoms with Crippen LogP contribution >= 0.6 is 11.8 Å². The molecule has 0 N–H and O–H groups in total. The summed E-state index contributed by atoms with van der Waals surface area (Å²) in [4.78, 5) is 3.91. The second kappa shape index (κ2) is 17.3. The molecule has 0 aromatic carbocycles. The van der Waals surface area contributed by atoms with E-state index in [4.69, 9.17) is 13.3 Å². The van der Waals surface area contributed by atoms with Crippen LogP contribution in [0.5, 0.6) is 0 Å². The molecule has 0 aromatic rings. The van der Waals surface area contributed by atoms with E-state index in [0.29, 0.717) is 0 Å². The van der Waals surface area contributed by atoms with Gasteiger partial charge in [0, 0.05) is 0 Å². The Morgan fingerprint density at radius 3 is 2.27 bits per heavy atom. The molecule has 1 nitrogen and oxygen atoms in total. The van der Waals surface area contributed by atoms with Crippen molar-refractivity contribution in [1.29, 1.82) is 0 Å². The van der Waals surface area contributed by atoms with Crippen molar-refractivity contribution in [3.63, 3.8) is 0 Å². The van der Waals surface area contributed by atoms with Gasteiger partial charge in [-0.05, 0) is 0 Å². The average Bonchev–Trinajstić information content (AvgIpc) is 1.92. The third kappa shape index (κ3) is 24.7. The summed E-state index contributed by atoms with van der Waals surface area (Å²) in [6.45, 7) is 15.8. The predicted octanol–water partition coefficient (Wildman–Crippen LogP) is -0.0614. The van der Waals surface area contributed by atoms with E-state index in [1.54, 1.807) is 6.92 Å². The van der Waals surface area contributed by atoms with Crippen LogP contribution in [-0.4, -0.2) is 6.72 Å². The van der Waals surface area contributed by atoms with Crippen molar-refractivity contribution in [2.45, 2.75) is 20.8 Å². The molecule has 0 rings (SSSR count). The molecule has 0 atom stereocenters. The maximum absolute atomic E-state index is 5.25. The van der Waals surface area contributed by atoms with Crippen LogP contribution in [0.2, 0.25) is 0 Å². The molecule has 3 heteroatoms. The van der Waals surface area contributed by atoms with Gasteiger partial charge >= 0.3 is 51.4 Å². The molecule has 0 spiro atoms. The van der Waals surface area contributed by atoms with Crippen LogP contribution in [0.1, 0.15) is 20.8 Å². The third-order valence-electron chi connectivity index (χ3n) is 0.347. The molecule has 0 saturated heterocycles. The fourth-order valence-electron chi connectivity index (χ4n) is 0.150. The zero-order chi connectivity index (χ0) is 8.41. The van der Waals surface area contributed by atoms with Gasteiger partial charge < -0.3 is 34.9 Å². The normalized spacial score (nSPS) is 7.55. The number of nitrogens with zero attached hydrogens (tertiary/aromatic N) is 1. The molecule has 0 radical (unpaired) electrons. The van der Waals surface area contributed by atoms with Crippen molar-refractivity contribution in [3.8, 4) is 0 Å². The first-order valence-corrected chi connectivity index (χ1v) is 3.82. The van der Waals surface area contributed by atoms with Crippen molar-refractivity contribution in [2.75, 3.05) is 0 Å². The van der Waals surface area contributed by atoms with Gasteiger partial charge in [0.2, 0.25) is 0 Å². The Bertz CT molecular complexity index is 121. The second-order valence-electron chi connectivity index (χ2n) is 1.11. The molecule has 58 valence electrons. The van der Waals surface area contributed by atoms with Crippen LogP contribution < -0.4 is 51.4 Å². The van der Waals surface area contributed by atoms with Crippen LogP contribution in [0.15, 0.2) is 16.1 Å². The first-order chi connectivity index (χ1) is 4.77. The predicted molar refractivity (Wildman–Crippen MR) is 48.7 cm³/mol. The number of rotatable bonds is 3. The van der Waals surface area contributed by atoms with Crippen molar-refractivity contribution in [3.05, 3.63) is 23.1 Å². The number of aliphatic imine (C=N–C) groups is 1. The molecular weight excluding hydrogens is 181 g/mol. The Kier molecular flexibility index (Phi) is 28.3. The van der Waals surface area contributed by atoms with Crippen LogP contribution in [0.4, 0.5) is 0 Å². The van der Waals surface area contributed by atoms with Gasteiger partial charge in [-0.1, -0.05) is 20.8 Å². The zero-order valence-corrected chi connectivity index (χ0v) is 11.5. The average molecular weight is 193 g/mol. The molecule has 0 unspecified atom stereocenters. The standard InChI is InChI=1S/C6H6NS.C2H6.K/c1-6(2)8-5-4-7-3;1-2;/h1,3-4H,2H3;1-2H3;/q-3;;+1. The van der Waals surface area contributed by atoms with Gasteiger partial charge in [-0.3, -0.25) is 0 Å². The summed E-state index contributed by atoms with van der Waals surface area (Å²) in [7, 11) is 0. The van der Waals surface area contributed by atoms with Gasteiger partial charge in [-0.25, -0.2) is 4.91 Å². The Balaban J connectivity index is -0.000000196. The smallest absolute Gasteiger partial charge is 0.517 e. The number of allylic oxidation sites excluding steroid dienone is 1. The zero-order valence-electron chi connectivity index (χ0n) is 7.59. The van der Waals surface area contributed by atoms with E-state index in [1.807, 2.05) is 13.8 Å². The SMILES string of the molecule is CC.[CH-]=NC=[C-]SC(=[CH-])C.[K+]. The van der Waals surface area contributed by atoms with Gasteiger partial charge in [0.15, 0.2) is 0 Å². The van der Waals surface area contributed by atoms with E-state index in [1.165, 1.54) is 18.0 Å². The van der Waals surface area contributed by atoms with Crippen molar-refractivity contribution >= 4 is 18.5 Å². The van der Waals surface area contributed by atoms with E-state index >= 15 is 0 Å². The molecular formula is C8H12KNS-2. The molecule has 0 aliphatic carbocycles. The fourth-order valence-corrected chi connectivity index (χ4v) is 0.449. The number of hydrogen-bond donors (Lipinski definition) is 0. The fraction of sp³-hybridized carbons (Fsp3) is 0.375. The minimum absolute atomic E-state index is 0. The molecule has 0 aromatic heterocycles. The summed E-state index contributed by atoms with van der Waals surface area (Å²) in [5, 5.41) is 2.67. The first kappa shape index (κ1) is 18.0. The maximum Gasteiger partial charge on any atom is 1.00 e. The van der Waals surface area contributed by atoms with Gasteiger partial charge in [-0.2, -0.15) is 6.72 Å². The summed E-state index contributed by atoms with van der Waals surface area (Å²) in [5.74, 6) is 0. The Hall–Kier alpha value is 1.14. The minimum Gasteiger partial charge on any atom is -0.517 e. The van der Waals surface area contributed by atoms with E-state index in [-0.39, 0.29) is 51.4 Å². The molecule has 0 fully saturated rings. The molecule has 0 saturated carbocycles. The monoisotopic (exact) mass is 193 g/mol. The van der Waals surface area contributed by atoms with Gasteiger partial charge in [0.05, 0.1) is 0 Å². The van der Waals surface area contributed by atoms with Crippen LogP contribution in [-0.2, 0) is 0 Å². The third-order valence-corrected chi connectivity index (χ3v) is 0.892. The van der Waals surface area contributed by atoms with E-state index in [0.717, 1.165) is 4.91 Å². The molecule has 0 aliphatic rings. The van der Waals surface area contributed by atoms with Crippen molar-refractivity contribution in [1.82, 2.24) is 0 Å². The quantitative estimate of drug-likeness (QED) is 0.347. The first-order valence-electron chi connectivity index (χ1n) is 3.00. The van der Waals surface area contributed by atoms with Gasteiger partial charge in [0.1, 0.15) is 0 Å². The Labute approximate surface area is 117 Å². The summed E-state index contributed by atoms with van der Waals surface area (Å²) >= 11 is 1.27. The van der Waals surface area contributed by atoms with Gasteiger partial charge in [0.25, 0.3) is 0 Å². The number of thioether (sulfide) groups is 1. The second-order valence-corrected chi connectivity index (χ2v) is 2.19. The molecule has 0 amide bonds. The molecule has 0 bridgehead atoms. The minimum atomic E-state index is 0. The summed E-state index contributed by atoms with van der Waals surface area (Å²) < 4.78 is 0. The van der Waals surface area contributed by atoms with E-state index in [2.05, 4.69) is 10.4 Å². The maximum atomic E-state index is 5.25. The Morgan fingerprint density at radius 2 is 2.00 bits per heavy atom. The molecule has 0 aliphatic heterocycles. The largest absolute Gasteiger partial charge is 1.00 e. The van der Waals surface area contributed by atoms with Crippen molar-refractivity contribution in [2.24, 2.45) is 4.99 Å². The van der Waals surface area contributed by atoms with E-state index < -0.39 is 0 Å². The topological polar surface area (TPSA) is 12.4 Å². The molecule has 11 heavy (non-hydrogen) atoms. The Morgan fingerprint density at radius 1 is 1.55 bits per heavy atom. The summed E-state index contributed by atoms with van der Waals surface area (Å²) in [6, 6.07) is 0. The van der Waals surface area contributed by atoms with Crippen LogP contribution in [0.3, 0.4) is 0 Å². The summed E-state index contributed by atoms with van der Waals surface area (Å²) in [6.07, 6.45) is 1.36. The van der Waals surface area contributed by atoms with Gasteiger partial charge in [-0.15, -0.1) is 0 Å². The molecule has 0 heterocycles. The summed E-state index contributed by atoms with van der Waals surface area (Å²) in [5.41, 5.74) is 0.